The van der Waals surface area contributed by atoms with Gasteiger partial charge in [0.15, 0.2) is 0 Å². The standard InChI is InChI=1S/C21H25N7O2S/c1-14-22-6-9-27(14)20-11-19(23-13-24-20)26-7-3-16(4-8-26)21(29)28-18(5-10-30-28)17-12-31-15(2)25-17/h6,9,11-13,16,18H,3-5,7-8,10H2,1-2H3/t18-/m0/s1. The molecule has 3 aromatic rings. The SMILES string of the molecule is Cc1nc([C@@H]2CCON2C(=O)C2CCN(c3cc(-n4ccnc4C)ncn3)CC2)cs1. The molecule has 0 unspecified atom stereocenters. The van der Waals surface area contributed by atoms with Crippen LogP contribution in [0.5, 0.6) is 0 Å². The molecule has 3 aromatic heterocycles. The maximum absolute atomic E-state index is 13.2. The molecule has 31 heavy (non-hydrogen) atoms. The van der Waals surface area contributed by atoms with Gasteiger partial charge in [-0.05, 0) is 26.7 Å². The number of anilines is 1. The Morgan fingerprint density at radius 2 is 1.94 bits per heavy atom. The van der Waals surface area contributed by atoms with Crippen molar-refractivity contribution >= 4 is 23.1 Å². The molecule has 9 nitrogen and oxygen atoms in total. The molecule has 2 saturated heterocycles. The summed E-state index contributed by atoms with van der Waals surface area (Å²) in [5.41, 5.74) is 0.939. The van der Waals surface area contributed by atoms with E-state index in [-0.39, 0.29) is 17.9 Å². The fourth-order valence-corrected chi connectivity index (χ4v) is 4.94. The van der Waals surface area contributed by atoms with E-state index in [0.717, 1.165) is 60.5 Å². The number of amides is 1. The first-order chi connectivity index (χ1) is 15.1. The number of carbonyl (C=O) groups is 1. The summed E-state index contributed by atoms with van der Waals surface area (Å²) in [6, 6.07) is 1.90. The lowest BCUT2D eigenvalue weighted by Crippen LogP contribution is -2.42. The summed E-state index contributed by atoms with van der Waals surface area (Å²) in [5.74, 6) is 2.57. The fourth-order valence-electron chi connectivity index (χ4n) is 4.29. The van der Waals surface area contributed by atoms with Crippen LogP contribution in [0.4, 0.5) is 5.82 Å². The van der Waals surface area contributed by atoms with Crippen molar-refractivity contribution in [1.82, 2.24) is 29.6 Å². The van der Waals surface area contributed by atoms with E-state index in [2.05, 4.69) is 24.8 Å². The Hall–Kier alpha value is -2.85. The quantitative estimate of drug-likeness (QED) is 0.617. The largest absolute Gasteiger partial charge is 0.356 e. The molecule has 0 saturated carbocycles. The van der Waals surface area contributed by atoms with Crippen LogP contribution in [0.15, 0.2) is 30.2 Å². The van der Waals surface area contributed by atoms with Gasteiger partial charge in [0.25, 0.3) is 0 Å². The first-order valence-corrected chi connectivity index (χ1v) is 11.4. The number of thiazole rings is 1. The van der Waals surface area contributed by atoms with Crippen molar-refractivity contribution in [3.05, 3.63) is 46.7 Å². The summed E-state index contributed by atoms with van der Waals surface area (Å²) in [6.45, 7) is 6.02. The molecular weight excluding hydrogens is 414 g/mol. The zero-order chi connectivity index (χ0) is 21.4. The molecule has 5 rings (SSSR count). The van der Waals surface area contributed by atoms with E-state index in [0.29, 0.717) is 6.61 Å². The topological polar surface area (TPSA) is 89.3 Å². The van der Waals surface area contributed by atoms with Gasteiger partial charge in [-0.15, -0.1) is 11.3 Å². The van der Waals surface area contributed by atoms with E-state index in [9.17, 15) is 4.79 Å². The van der Waals surface area contributed by atoms with E-state index < -0.39 is 0 Å². The summed E-state index contributed by atoms with van der Waals surface area (Å²) in [7, 11) is 0. The molecule has 0 spiro atoms. The molecule has 0 aliphatic carbocycles. The number of hydrogen-bond acceptors (Lipinski definition) is 8. The molecule has 2 aliphatic heterocycles. The molecule has 2 fully saturated rings. The Kier molecular flexibility index (Phi) is 5.41. The number of nitrogens with zero attached hydrogens (tertiary/aromatic N) is 7. The van der Waals surface area contributed by atoms with Gasteiger partial charge in [-0.2, -0.15) is 0 Å². The minimum Gasteiger partial charge on any atom is -0.356 e. The lowest BCUT2D eigenvalue weighted by molar-refractivity contribution is -0.182. The van der Waals surface area contributed by atoms with E-state index in [4.69, 9.17) is 4.84 Å². The second-order valence-corrected chi connectivity index (χ2v) is 9.00. The Morgan fingerprint density at radius 1 is 1.13 bits per heavy atom. The third-order valence-corrected chi connectivity index (χ3v) is 6.77. The van der Waals surface area contributed by atoms with Crippen LogP contribution in [0, 0.1) is 19.8 Å². The Labute approximate surface area is 184 Å². The maximum Gasteiger partial charge on any atom is 0.250 e. The first kappa shape index (κ1) is 20.1. The van der Waals surface area contributed by atoms with E-state index in [1.807, 2.05) is 36.1 Å². The highest BCUT2D eigenvalue weighted by molar-refractivity contribution is 7.09. The molecule has 0 N–H and O–H groups in total. The van der Waals surface area contributed by atoms with Crippen LogP contribution in [0.2, 0.25) is 0 Å². The van der Waals surface area contributed by atoms with Crippen LogP contribution in [0.1, 0.15) is 41.8 Å². The van der Waals surface area contributed by atoms with Crippen molar-refractivity contribution in [3.63, 3.8) is 0 Å². The molecular formula is C21H25N7O2S. The van der Waals surface area contributed by atoms with E-state index >= 15 is 0 Å². The first-order valence-electron chi connectivity index (χ1n) is 10.6. The highest BCUT2D eigenvalue weighted by Gasteiger charge is 2.38. The smallest absolute Gasteiger partial charge is 0.250 e. The van der Waals surface area contributed by atoms with E-state index in [1.165, 1.54) is 0 Å². The molecule has 0 radical (unpaired) electrons. The summed E-state index contributed by atoms with van der Waals surface area (Å²) in [4.78, 5) is 38.8. The van der Waals surface area contributed by atoms with Crippen LogP contribution in [0.25, 0.3) is 5.82 Å². The van der Waals surface area contributed by atoms with Gasteiger partial charge in [0.2, 0.25) is 5.91 Å². The Bertz CT molecular complexity index is 1070. The van der Waals surface area contributed by atoms with Crippen molar-refractivity contribution < 1.29 is 9.63 Å². The number of carbonyl (C=O) groups excluding carboxylic acids is 1. The van der Waals surface area contributed by atoms with Gasteiger partial charge in [-0.1, -0.05) is 0 Å². The van der Waals surface area contributed by atoms with Crippen LogP contribution in [0.3, 0.4) is 0 Å². The van der Waals surface area contributed by atoms with E-state index in [1.54, 1.807) is 28.9 Å². The molecule has 0 aromatic carbocycles. The molecule has 5 heterocycles. The highest BCUT2D eigenvalue weighted by atomic mass is 32.1. The Balaban J connectivity index is 1.24. The number of hydroxylamine groups is 2. The summed E-state index contributed by atoms with van der Waals surface area (Å²) < 4.78 is 1.94. The van der Waals surface area contributed by atoms with Gasteiger partial charge < -0.3 is 4.90 Å². The van der Waals surface area contributed by atoms with Gasteiger partial charge in [0, 0.05) is 49.3 Å². The van der Waals surface area contributed by atoms with Crippen molar-refractivity contribution in [3.8, 4) is 5.82 Å². The van der Waals surface area contributed by atoms with Gasteiger partial charge >= 0.3 is 0 Å². The molecule has 0 bridgehead atoms. The van der Waals surface area contributed by atoms with Crippen LogP contribution >= 0.6 is 11.3 Å². The summed E-state index contributed by atoms with van der Waals surface area (Å²) in [6.07, 6.45) is 7.57. The number of imidazole rings is 1. The minimum atomic E-state index is -0.0710. The molecule has 1 atom stereocenters. The number of hydrogen-bond donors (Lipinski definition) is 0. The lowest BCUT2D eigenvalue weighted by Gasteiger charge is -2.34. The van der Waals surface area contributed by atoms with Gasteiger partial charge in [0.1, 0.15) is 29.8 Å². The molecule has 2 aliphatic rings. The predicted molar refractivity (Wildman–Crippen MR) is 116 cm³/mol. The third-order valence-electron chi connectivity index (χ3n) is 5.98. The van der Waals surface area contributed by atoms with Gasteiger partial charge in [-0.3, -0.25) is 14.2 Å². The number of aryl methyl sites for hydroxylation is 2. The zero-order valence-corrected chi connectivity index (χ0v) is 18.5. The average Bonchev–Trinajstić information content (AvgIpc) is 3.54. The Morgan fingerprint density at radius 3 is 2.65 bits per heavy atom. The average molecular weight is 440 g/mol. The number of aromatic nitrogens is 5. The van der Waals surface area contributed by atoms with Gasteiger partial charge in [0.05, 0.1) is 17.3 Å². The third kappa shape index (κ3) is 3.92. The number of piperidine rings is 1. The minimum absolute atomic E-state index is 0.0474. The van der Waals surface area contributed by atoms with Crippen LogP contribution < -0.4 is 4.90 Å². The molecule has 1 amide bonds. The van der Waals surface area contributed by atoms with Crippen molar-refractivity contribution in [2.24, 2.45) is 5.92 Å². The van der Waals surface area contributed by atoms with Crippen LogP contribution in [-0.4, -0.2) is 55.2 Å². The number of rotatable bonds is 4. The van der Waals surface area contributed by atoms with Crippen molar-refractivity contribution in [2.75, 3.05) is 24.6 Å². The maximum atomic E-state index is 13.2. The van der Waals surface area contributed by atoms with Crippen LogP contribution in [-0.2, 0) is 9.63 Å². The van der Waals surface area contributed by atoms with Gasteiger partial charge in [-0.25, -0.2) is 25.0 Å². The lowest BCUT2D eigenvalue weighted by atomic mass is 9.95. The van der Waals surface area contributed by atoms with Crippen molar-refractivity contribution in [1.29, 1.82) is 0 Å². The second kappa shape index (κ2) is 8.35. The van der Waals surface area contributed by atoms with Crippen molar-refractivity contribution in [2.45, 2.75) is 39.2 Å². The molecule has 10 heteroatoms. The second-order valence-electron chi connectivity index (χ2n) is 7.93. The highest BCUT2D eigenvalue weighted by Crippen LogP contribution is 2.34. The fraction of sp³-hybridized carbons (Fsp3) is 0.476. The molecule has 162 valence electrons. The predicted octanol–water partition coefficient (Wildman–Crippen LogP) is 2.86. The zero-order valence-electron chi connectivity index (χ0n) is 17.6. The normalized spacial score (nSPS) is 19.9. The monoisotopic (exact) mass is 439 g/mol. The summed E-state index contributed by atoms with van der Waals surface area (Å²) in [5, 5.41) is 4.63. The summed E-state index contributed by atoms with van der Waals surface area (Å²) >= 11 is 1.61.